The van der Waals surface area contributed by atoms with Crippen LogP contribution in [0.1, 0.15) is 11.1 Å². The largest absolute Gasteiger partial charge is 0.206 e. The Hall–Kier alpha value is -2.55. The van der Waals surface area contributed by atoms with Gasteiger partial charge in [0, 0.05) is 5.56 Å². The third-order valence-corrected chi connectivity index (χ3v) is 3.88. The average molecular weight is 312 g/mol. The molecule has 0 saturated heterocycles. The van der Waals surface area contributed by atoms with Crippen molar-refractivity contribution in [2.45, 2.75) is 13.8 Å². The summed E-state index contributed by atoms with van der Waals surface area (Å²) in [4.78, 5) is 0. The first-order chi connectivity index (χ1) is 11.0. The van der Waals surface area contributed by atoms with Crippen LogP contribution in [0.15, 0.2) is 54.6 Å². The van der Waals surface area contributed by atoms with Gasteiger partial charge in [0.15, 0.2) is 11.6 Å². The van der Waals surface area contributed by atoms with Gasteiger partial charge in [-0.1, -0.05) is 42.0 Å². The molecule has 0 spiro atoms. The fourth-order valence-electron chi connectivity index (χ4n) is 2.56. The SMILES string of the molecule is Cc1ccc(-c2ccc(-c3cc(C)c(F)c(F)c3)c(F)c2)cc1. The van der Waals surface area contributed by atoms with Crippen molar-refractivity contribution >= 4 is 0 Å². The van der Waals surface area contributed by atoms with Crippen LogP contribution in [-0.2, 0) is 0 Å². The monoisotopic (exact) mass is 312 g/mol. The smallest absolute Gasteiger partial charge is 0.161 e. The highest BCUT2D eigenvalue weighted by molar-refractivity contribution is 5.71. The lowest BCUT2D eigenvalue weighted by atomic mass is 9.98. The van der Waals surface area contributed by atoms with Gasteiger partial charge in [0.1, 0.15) is 5.82 Å². The first-order valence-electron chi connectivity index (χ1n) is 7.28. The summed E-state index contributed by atoms with van der Waals surface area (Å²) in [7, 11) is 0. The summed E-state index contributed by atoms with van der Waals surface area (Å²) >= 11 is 0. The Balaban J connectivity index is 2.04. The molecule has 0 heterocycles. The molecule has 0 N–H and O–H groups in total. The lowest BCUT2D eigenvalue weighted by Gasteiger charge is -2.09. The van der Waals surface area contributed by atoms with E-state index in [2.05, 4.69) is 0 Å². The number of halogens is 3. The maximum atomic E-state index is 14.4. The highest BCUT2D eigenvalue weighted by Crippen LogP contribution is 2.30. The van der Waals surface area contributed by atoms with Crippen molar-refractivity contribution in [3.05, 3.63) is 83.2 Å². The van der Waals surface area contributed by atoms with E-state index in [-0.39, 0.29) is 11.1 Å². The summed E-state index contributed by atoms with van der Waals surface area (Å²) < 4.78 is 41.4. The molecular formula is C20H15F3. The van der Waals surface area contributed by atoms with Crippen molar-refractivity contribution in [1.82, 2.24) is 0 Å². The number of aryl methyl sites for hydroxylation is 2. The normalized spacial score (nSPS) is 10.8. The molecule has 0 nitrogen and oxygen atoms in total. The second-order valence-electron chi connectivity index (χ2n) is 5.65. The quantitative estimate of drug-likeness (QED) is 0.540. The van der Waals surface area contributed by atoms with Crippen LogP contribution in [0.4, 0.5) is 13.2 Å². The molecule has 3 heteroatoms. The maximum Gasteiger partial charge on any atom is 0.161 e. The van der Waals surface area contributed by atoms with Crippen molar-refractivity contribution < 1.29 is 13.2 Å². The summed E-state index contributed by atoms with van der Waals surface area (Å²) in [5.41, 5.74) is 3.51. The predicted molar refractivity (Wildman–Crippen MR) is 86.7 cm³/mol. The van der Waals surface area contributed by atoms with Crippen LogP contribution in [0.5, 0.6) is 0 Å². The van der Waals surface area contributed by atoms with Crippen LogP contribution >= 0.6 is 0 Å². The van der Waals surface area contributed by atoms with Crippen LogP contribution in [0, 0.1) is 31.3 Å². The van der Waals surface area contributed by atoms with Crippen molar-refractivity contribution in [3.8, 4) is 22.3 Å². The minimum atomic E-state index is -0.970. The molecule has 0 amide bonds. The minimum absolute atomic E-state index is 0.155. The molecule has 0 radical (unpaired) electrons. The van der Waals surface area contributed by atoms with E-state index < -0.39 is 17.5 Å². The van der Waals surface area contributed by atoms with Crippen molar-refractivity contribution in [3.63, 3.8) is 0 Å². The molecule has 0 aromatic heterocycles. The highest BCUT2D eigenvalue weighted by atomic mass is 19.2. The molecule has 0 saturated carbocycles. The zero-order chi connectivity index (χ0) is 16.6. The molecule has 3 rings (SSSR count). The van der Waals surface area contributed by atoms with E-state index in [1.54, 1.807) is 12.1 Å². The summed E-state index contributed by atoms with van der Waals surface area (Å²) in [6, 6.07) is 15.0. The van der Waals surface area contributed by atoms with Gasteiger partial charge >= 0.3 is 0 Å². The molecule has 0 unspecified atom stereocenters. The maximum absolute atomic E-state index is 14.4. The summed E-state index contributed by atoms with van der Waals surface area (Å²) in [5.74, 6) is -2.33. The summed E-state index contributed by atoms with van der Waals surface area (Å²) in [5, 5.41) is 0. The van der Waals surface area contributed by atoms with Crippen molar-refractivity contribution in [2.24, 2.45) is 0 Å². The standard InChI is InChI=1S/C20H15F3/c1-12-3-5-14(6-4-12)15-7-8-17(18(21)10-15)16-9-13(2)20(23)19(22)11-16/h3-11H,1-2H3. The molecule has 0 fully saturated rings. The Labute approximate surface area is 133 Å². The van der Waals surface area contributed by atoms with E-state index >= 15 is 0 Å². The number of hydrogen-bond acceptors (Lipinski definition) is 0. The zero-order valence-electron chi connectivity index (χ0n) is 12.8. The molecule has 23 heavy (non-hydrogen) atoms. The first-order valence-corrected chi connectivity index (χ1v) is 7.28. The molecule has 3 aromatic carbocycles. The lowest BCUT2D eigenvalue weighted by Crippen LogP contribution is -1.93. The van der Waals surface area contributed by atoms with Crippen LogP contribution < -0.4 is 0 Å². The van der Waals surface area contributed by atoms with Gasteiger partial charge in [-0.25, -0.2) is 13.2 Å². The zero-order valence-corrected chi connectivity index (χ0v) is 12.8. The Morgan fingerprint density at radius 3 is 1.83 bits per heavy atom. The minimum Gasteiger partial charge on any atom is -0.206 e. The Morgan fingerprint density at radius 2 is 1.22 bits per heavy atom. The van der Waals surface area contributed by atoms with Crippen molar-refractivity contribution in [1.29, 1.82) is 0 Å². The fraction of sp³-hybridized carbons (Fsp3) is 0.100. The van der Waals surface area contributed by atoms with Gasteiger partial charge in [0.25, 0.3) is 0 Å². The molecule has 0 atom stereocenters. The summed E-state index contributed by atoms with van der Waals surface area (Å²) in [6.07, 6.45) is 0. The van der Waals surface area contributed by atoms with E-state index in [9.17, 15) is 13.2 Å². The van der Waals surface area contributed by atoms with Crippen molar-refractivity contribution in [2.75, 3.05) is 0 Å². The van der Waals surface area contributed by atoms with E-state index in [0.29, 0.717) is 5.56 Å². The van der Waals surface area contributed by atoms with E-state index in [4.69, 9.17) is 0 Å². The topological polar surface area (TPSA) is 0 Å². The van der Waals surface area contributed by atoms with Crippen LogP contribution in [0.3, 0.4) is 0 Å². The van der Waals surface area contributed by atoms with Gasteiger partial charge in [-0.05, 0) is 54.3 Å². The average Bonchev–Trinajstić information content (AvgIpc) is 2.53. The van der Waals surface area contributed by atoms with Gasteiger partial charge in [-0.3, -0.25) is 0 Å². The molecule has 0 aliphatic heterocycles. The molecule has 116 valence electrons. The first kappa shape index (κ1) is 15.3. The van der Waals surface area contributed by atoms with Crippen LogP contribution in [-0.4, -0.2) is 0 Å². The Morgan fingerprint density at radius 1 is 0.609 bits per heavy atom. The predicted octanol–water partition coefficient (Wildman–Crippen LogP) is 6.05. The second-order valence-corrected chi connectivity index (χ2v) is 5.65. The number of rotatable bonds is 2. The number of hydrogen-bond donors (Lipinski definition) is 0. The van der Waals surface area contributed by atoms with Gasteiger partial charge in [-0.2, -0.15) is 0 Å². The Bertz CT molecular complexity index is 842. The van der Waals surface area contributed by atoms with Gasteiger partial charge in [0.2, 0.25) is 0 Å². The fourth-order valence-corrected chi connectivity index (χ4v) is 2.56. The number of benzene rings is 3. The van der Waals surface area contributed by atoms with Gasteiger partial charge in [-0.15, -0.1) is 0 Å². The van der Waals surface area contributed by atoms with E-state index in [1.807, 2.05) is 31.2 Å². The molecule has 3 aromatic rings. The molecule has 0 aliphatic carbocycles. The van der Waals surface area contributed by atoms with E-state index in [0.717, 1.165) is 22.8 Å². The molecular weight excluding hydrogens is 297 g/mol. The molecule has 0 bridgehead atoms. The van der Waals surface area contributed by atoms with E-state index in [1.165, 1.54) is 19.1 Å². The molecule has 0 aliphatic rings. The van der Waals surface area contributed by atoms with Gasteiger partial charge in [0.05, 0.1) is 0 Å². The Kier molecular flexibility index (Phi) is 3.95. The van der Waals surface area contributed by atoms with Crippen LogP contribution in [0.2, 0.25) is 0 Å². The van der Waals surface area contributed by atoms with Gasteiger partial charge < -0.3 is 0 Å². The third kappa shape index (κ3) is 3.00. The van der Waals surface area contributed by atoms with Crippen LogP contribution in [0.25, 0.3) is 22.3 Å². The summed E-state index contributed by atoms with van der Waals surface area (Å²) in [6.45, 7) is 3.44. The third-order valence-electron chi connectivity index (χ3n) is 3.88. The lowest BCUT2D eigenvalue weighted by molar-refractivity contribution is 0.503. The highest BCUT2D eigenvalue weighted by Gasteiger charge is 2.12. The second kappa shape index (κ2) is 5.92.